The molecule has 0 saturated carbocycles. The lowest BCUT2D eigenvalue weighted by atomic mass is 10.2. The molecule has 146 valence electrons. The molecule has 4 aromatic rings. The van der Waals surface area contributed by atoms with Gasteiger partial charge in [-0.3, -0.25) is 4.79 Å². The fourth-order valence-electron chi connectivity index (χ4n) is 2.86. The lowest BCUT2D eigenvalue weighted by Crippen LogP contribution is -2.07. The molecule has 6 heteroatoms. The standard InChI is InChI=1S/C23H16Br2O4/c1-14-23(29-20-5-3-2-4-19(20)25)22(26)18-11-10-17(12-21(18)28-14)27-13-15-6-8-16(24)9-7-15/h2-12H,13H2,1H3. The van der Waals surface area contributed by atoms with Crippen LogP contribution in [0.1, 0.15) is 11.3 Å². The van der Waals surface area contributed by atoms with Gasteiger partial charge >= 0.3 is 0 Å². The van der Waals surface area contributed by atoms with E-state index in [4.69, 9.17) is 13.9 Å². The van der Waals surface area contributed by atoms with Crippen molar-refractivity contribution in [1.82, 2.24) is 0 Å². The number of rotatable bonds is 5. The third-order valence-corrected chi connectivity index (χ3v) is 5.54. The summed E-state index contributed by atoms with van der Waals surface area (Å²) in [5, 5.41) is 0.439. The Balaban J connectivity index is 1.62. The Hall–Kier alpha value is -2.57. The van der Waals surface area contributed by atoms with E-state index in [0.29, 0.717) is 34.8 Å². The smallest absolute Gasteiger partial charge is 0.235 e. The topological polar surface area (TPSA) is 48.7 Å². The molecule has 4 nitrogen and oxygen atoms in total. The average Bonchev–Trinajstić information content (AvgIpc) is 2.72. The SMILES string of the molecule is Cc1oc2cc(OCc3ccc(Br)cc3)ccc2c(=O)c1Oc1ccccc1Br. The van der Waals surface area contributed by atoms with Crippen molar-refractivity contribution in [2.24, 2.45) is 0 Å². The van der Waals surface area contributed by atoms with Crippen LogP contribution in [0.15, 0.2) is 84.9 Å². The van der Waals surface area contributed by atoms with Crippen LogP contribution in [0, 0.1) is 6.92 Å². The van der Waals surface area contributed by atoms with Gasteiger partial charge < -0.3 is 13.9 Å². The van der Waals surface area contributed by atoms with Gasteiger partial charge in [-0.25, -0.2) is 0 Å². The molecule has 0 bridgehead atoms. The van der Waals surface area contributed by atoms with E-state index in [2.05, 4.69) is 31.9 Å². The highest BCUT2D eigenvalue weighted by Crippen LogP contribution is 2.31. The summed E-state index contributed by atoms with van der Waals surface area (Å²) in [6, 6.07) is 20.4. The summed E-state index contributed by atoms with van der Waals surface area (Å²) in [6.45, 7) is 2.13. The molecule has 0 atom stereocenters. The summed E-state index contributed by atoms with van der Waals surface area (Å²) < 4.78 is 19.3. The van der Waals surface area contributed by atoms with Crippen molar-refractivity contribution >= 4 is 42.8 Å². The van der Waals surface area contributed by atoms with E-state index in [9.17, 15) is 4.79 Å². The lowest BCUT2D eigenvalue weighted by Gasteiger charge is -2.11. The van der Waals surface area contributed by atoms with Crippen LogP contribution in [0.4, 0.5) is 0 Å². The van der Waals surface area contributed by atoms with Crippen molar-refractivity contribution in [3.05, 3.63) is 97.2 Å². The van der Waals surface area contributed by atoms with Crippen LogP contribution in [0.2, 0.25) is 0 Å². The normalized spacial score (nSPS) is 10.9. The molecule has 29 heavy (non-hydrogen) atoms. The number of fused-ring (bicyclic) bond motifs is 1. The minimum Gasteiger partial charge on any atom is -0.489 e. The van der Waals surface area contributed by atoms with Gasteiger partial charge in [-0.05, 0) is 64.8 Å². The summed E-state index contributed by atoms with van der Waals surface area (Å²) in [4.78, 5) is 12.9. The predicted molar refractivity (Wildman–Crippen MR) is 120 cm³/mol. The third kappa shape index (κ3) is 4.38. The van der Waals surface area contributed by atoms with Gasteiger partial charge in [0.25, 0.3) is 0 Å². The Labute approximate surface area is 184 Å². The second kappa shape index (κ2) is 8.43. The maximum absolute atomic E-state index is 12.9. The molecule has 1 aromatic heterocycles. The summed E-state index contributed by atoms with van der Waals surface area (Å²) in [7, 11) is 0. The quantitative estimate of drug-likeness (QED) is 0.287. The first kappa shape index (κ1) is 19.7. The summed E-state index contributed by atoms with van der Waals surface area (Å²) >= 11 is 6.84. The third-order valence-electron chi connectivity index (χ3n) is 4.35. The molecule has 1 heterocycles. The number of benzene rings is 3. The highest BCUT2D eigenvalue weighted by molar-refractivity contribution is 9.10. The van der Waals surface area contributed by atoms with E-state index < -0.39 is 0 Å². The molecule has 0 spiro atoms. The van der Waals surface area contributed by atoms with Gasteiger partial charge in [0.15, 0.2) is 0 Å². The second-order valence-electron chi connectivity index (χ2n) is 6.42. The van der Waals surface area contributed by atoms with E-state index in [1.807, 2.05) is 42.5 Å². The van der Waals surface area contributed by atoms with Crippen LogP contribution >= 0.6 is 31.9 Å². The molecule has 0 aliphatic carbocycles. The minimum absolute atomic E-state index is 0.174. The van der Waals surface area contributed by atoms with Gasteiger partial charge in [-0.15, -0.1) is 0 Å². The zero-order chi connectivity index (χ0) is 20.4. The van der Waals surface area contributed by atoms with Crippen LogP contribution < -0.4 is 14.9 Å². The van der Waals surface area contributed by atoms with Crippen LogP contribution in [0.5, 0.6) is 17.2 Å². The van der Waals surface area contributed by atoms with Gasteiger partial charge in [0.05, 0.1) is 9.86 Å². The van der Waals surface area contributed by atoms with Gasteiger partial charge in [0.2, 0.25) is 11.2 Å². The highest BCUT2D eigenvalue weighted by atomic mass is 79.9. The first-order valence-electron chi connectivity index (χ1n) is 8.88. The monoisotopic (exact) mass is 514 g/mol. The molecule has 0 fully saturated rings. The van der Waals surface area contributed by atoms with Crippen LogP contribution in [-0.4, -0.2) is 0 Å². The van der Waals surface area contributed by atoms with E-state index in [1.165, 1.54) is 0 Å². The lowest BCUT2D eigenvalue weighted by molar-refractivity contribution is 0.306. The molecule has 0 N–H and O–H groups in total. The molecule has 0 amide bonds. The molecule has 4 rings (SSSR count). The Morgan fingerprint density at radius 1 is 0.966 bits per heavy atom. The summed E-state index contributed by atoms with van der Waals surface area (Å²) in [6.07, 6.45) is 0. The largest absolute Gasteiger partial charge is 0.489 e. The van der Waals surface area contributed by atoms with Crippen molar-refractivity contribution in [3.63, 3.8) is 0 Å². The van der Waals surface area contributed by atoms with Crippen molar-refractivity contribution in [3.8, 4) is 17.2 Å². The zero-order valence-corrected chi connectivity index (χ0v) is 18.6. The highest BCUT2D eigenvalue weighted by Gasteiger charge is 2.15. The van der Waals surface area contributed by atoms with E-state index in [1.54, 1.807) is 31.2 Å². The maximum Gasteiger partial charge on any atom is 0.235 e. The Bertz CT molecular complexity index is 1230. The van der Waals surface area contributed by atoms with Gasteiger partial charge in [-0.1, -0.05) is 40.2 Å². The number of ether oxygens (including phenoxy) is 2. The van der Waals surface area contributed by atoms with Crippen molar-refractivity contribution in [2.45, 2.75) is 13.5 Å². The number of halogens is 2. The number of aryl methyl sites for hydroxylation is 1. The van der Waals surface area contributed by atoms with Crippen molar-refractivity contribution in [1.29, 1.82) is 0 Å². The van der Waals surface area contributed by atoms with Crippen LogP contribution in [0.25, 0.3) is 11.0 Å². The van der Waals surface area contributed by atoms with E-state index in [-0.39, 0.29) is 11.2 Å². The molecule has 0 aliphatic rings. The summed E-state index contributed by atoms with van der Waals surface area (Å²) in [5.41, 5.74) is 1.28. The van der Waals surface area contributed by atoms with E-state index >= 15 is 0 Å². The molecule has 0 aliphatic heterocycles. The fraction of sp³-hybridized carbons (Fsp3) is 0.0870. The van der Waals surface area contributed by atoms with Crippen LogP contribution in [0.3, 0.4) is 0 Å². The molecule has 0 unspecified atom stereocenters. The zero-order valence-electron chi connectivity index (χ0n) is 15.4. The number of para-hydroxylation sites is 1. The fourth-order valence-corrected chi connectivity index (χ4v) is 3.49. The minimum atomic E-state index is -0.223. The molecule has 0 saturated heterocycles. The number of hydrogen-bond donors (Lipinski definition) is 0. The Morgan fingerprint density at radius 3 is 2.48 bits per heavy atom. The Kier molecular flexibility index (Phi) is 5.74. The number of hydrogen-bond acceptors (Lipinski definition) is 4. The first-order valence-corrected chi connectivity index (χ1v) is 10.5. The van der Waals surface area contributed by atoms with Crippen LogP contribution in [-0.2, 0) is 6.61 Å². The predicted octanol–water partition coefficient (Wildman–Crippen LogP) is 7.00. The van der Waals surface area contributed by atoms with Gasteiger partial charge in [0.1, 0.15) is 29.4 Å². The van der Waals surface area contributed by atoms with Gasteiger partial charge in [-0.2, -0.15) is 0 Å². The Morgan fingerprint density at radius 2 is 1.72 bits per heavy atom. The molecular weight excluding hydrogens is 500 g/mol. The van der Waals surface area contributed by atoms with E-state index in [0.717, 1.165) is 14.5 Å². The summed E-state index contributed by atoms with van der Waals surface area (Å²) in [5.74, 6) is 1.76. The maximum atomic E-state index is 12.9. The van der Waals surface area contributed by atoms with Gasteiger partial charge in [0, 0.05) is 10.5 Å². The molecular formula is C23H16Br2O4. The average molecular weight is 516 g/mol. The molecule has 3 aromatic carbocycles. The second-order valence-corrected chi connectivity index (χ2v) is 8.19. The van der Waals surface area contributed by atoms with Crippen molar-refractivity contribution < 1.29 is 13.9 Å². The first-order chi connectivity index (χ1) is 14.0. The molecule has 0 radical (unpaired) electrons. The van der Waals surface area contributed by atoms with Crippen molar-refractivity contribution in [2.75, 3.05) is 0 Å².